The highest BCUT2D eigenvalue weighted by Gasteiger charge is 2.44. The van der Waals surface area contributed by atoms with Crippen molar-refractivity contribution in [3.8, 4) is 27.4 Å². The van der Waals surface area contributed by atoms with Crippen molar-refractivity contribution in [3.63, 3.8) is 0 Å². The number of hydrogen-bond acceptors (Lipinski definition) is 14. The number of phenols is 1. The molecule has 2 aromatic carbocycles. The topological polar surface area (TPSA) is 176 Å². The lowest BCUT2D eigenvalue weighted by atomic mass is 9.91. The quantitative estimate of drug-likeness (QED) is 0.111. The van der Waals surface area contributed by atoms with Gasteiger partial charge in [-0.2, -0.15) is 0 Å². The third-order valence-corrected chi connectivity index (χ3v) is 14.6. The van der Waals surface area contributed by atoms with Crippen LogP contribution in [0, 0.1) is 12.8 Å². The van der Waals surface area contributed by atoms with Crippen LogP contribution >= 0.6 is 11.3 Å². The lowest BCUT2D eigenvalue weighted by Gasteiger charge is -2.49. The smallest absolute Gasteiger partial charge is 0.243 e. The molecule has 4 aliphatic heterocycles. The number of fused-ring (bicyclic) bond motifs is 3. The van der Waals surface area contributed by atoms with Crippen molar-refractivity contribution in [2.24, 2.45) is 5.92 Å². The molecular formula is C48H60N10O5S. The van der Waals surface area contributed by atoms with E-state index in [1.165, 1.54) is 11.3 Å². The number of aliphatic hydroxyl groups is 1. The number of piperidine rings is 1. The Hall–Kier alpha value is -5.42. The summed E-state index contributed by atoms with van der Waals surface area (Å²) in [4.78, 5) is 42.8. The standard InChI is InChI=1S/C48H60N10O5S/c1-29(2)44(48(62)58-27-37(59)22-41(58)47(61)51-30(3)32-13-15-33(16-14-32)45-31(4)50-28-64-45)43-21-34(54-63-43)9-7-17-55-18-8-10-35(25-55)56-19-20-57-36(26-56)24-49-46-40(57)23-39(52-53-46)38-11-5-6-12-42(38)60/h5-6,11-16,21,23,28-30,35-37,41,44,59-60H,7-10,17-20,22,24-27H2,1-4H3,(H,49,53)(H,51,61)/t30?,35?,36-,37+,41-,44?/m0/s1. The molecule has 0 bridgehead atoms. The molecule has 9 rings (SSSR count). The zero-order valence-corrected chi connectivity index (χ0v) is 38.0. The largest absolute Gasteiger partial charge is 0.507 e. The maximum atomic E-state index is 14.3. The Morgan fingerprint density at radius 1 is 1.00 bits per heavy atom. The Labute approximate surface area is 378 Å². The average molecular weight is 889 g/mol. The highest BCUT2D eigenvalue weighted by atomic mass is 32.1. The van der Waals surface area contributed by atoms with E-state index in [1.54, 1.807) is 17.4 Å². The Kier molecular flexibility index (Phi) is 13.0. The molecule has 16 heteroatoms. The second-order valence-electron chi connectivity index (χ2n) is 18.4. The number of piperazine rings is 1. The van der Waals surface area contributed by atoms with E-state index in [0.29, 0.717) is 29.1 Å². The number of aromatic hydroxyl groups is 1. The molecule has 0 radical (unpaired) electrons. The second-order valence-corrected chi connectivity index (χ2v) is 19.2. The highest BCUT2D eigenvalue weighted by Crippen LogP contribution is 2.37. The number of β-amino-alcohol motifs (C(OH)–C–C–N with tert-alkyl or cyclic N) is 1. The van der Waals surface area contributed by atoms with Crippen LogP contribution in [-0.2, 0) is 16.0 Å². The summed E-state index contributed by atoms with van der Waals surface area (Å²) >= 11 is 1.60. The van der Waals surface area contributed by atoms with Gasteiger partial charge in [-0.1, -0.05) is 55.4 Å². The first-order valence-corrected chi connectivity index (χ1v) is 23.8. The van der Waals surface area contributed by atoms with Gasteiger partial charge in [0.05, 0.1) is 51.3 Å². The van der Waals surface area contributed by atoms with E-state index >= 15 is 0 Å². The van der Waals surface area contributed by atoms with Gasteiger partial charge in [-0.15, -0.1) is 21.5 Å². The minimum atomic E-state index is -0.795. The first kappa shape index (κ1) is 43.8. The molecule has 0 aliphatic carbocycles. The van der Waals surface area contributed by atoms with Crippen molar-refractivity contribution in [3.05, 3.63) is 88.9 Å². The number of nitrogens with one attached hydrogen (secondary N) is 2. The average Bonchev–Trinajstić information content (AvgIpc) is 4.06. The van der Waals surface area contributed by atoms with Gasteiger partial charge in [0.1, 0.15) is 23.5 Å². The minimum Gasteiger partial charge on any atom is -0.507 e. The van der Waals surface area contributed by atoms with Gasteiger partial charge in [0, 0.05) is 63.4 Å². The number of para-hydroxylation sites is 1. The number of thiazole rings is 1. The Morgan fingerprint density at radius 2 is 1.83 bits per heavy atom. The maximum absolute atomic E-state index is 14.3. The predicted molar refractivity (Wildman–Crippen MR) is 247 cm³/mol. The minimum absolute atomic E-state index is 0.0906. The second kappa shape index (κ2) is 19.0. The van der Waals surface area contributed by atoms with E-state index < -0.39 is 18.1 Å². The van der Waals surface area contributed by atoms with Crippen molar-refractivity contribution >= 4 is 34.7 Å². The van der Waals surface area contributed by atoms with Crippen LogP contribution in [0.5, 0.6) is 5.75 Å². The fourth-order valence-corrected chi connectivity index (χ4v) is 11.0. The maximum Gasteiger partial charge on any atom is 0.243 e. The lowest BCUT2D eigenvalue weighted by Crippen LogP contribution is -2.61. The molecule has 6 atom stereocenters. The lowest BCUT2D eigenvalue weighted by molar-refractivity contribution is -0.141. The van der Waals surface area contributed by atoms with Crippen LogP contribution in [0.1, 0.15) is 81.1 Å². The molecule has 3 fully saturated rings. The zero-order chi connectivity index (χ0) is 44.5. The van der Waals surface area contributed by atoms with E-state index in [1.807, 2.05) is 81.7 Å². The van der Waals surface area contributed by atoms with E-state index in [4.69, 9.17) is 4.52 Å². The number of aromatic nitrogens is 4. The normalized spacial score (nSPS) is 22.5. The molecule has 3 aromatic heterocycles. The Balaban J connectivity index is 0.768. The SMILES string of the molecule is Cc1ncsc1-c1ccc(C(C)NC(=O)[C@@H]2C[C@@H](O)CN2C(=O)C(c2cc(CCCN3CCCC(N4CCN5c6cc(-c7ccccc7O)nnc6NC[C@H]5C4)C3)no2)C(C)C)cc1. The molecular weight excluding hydrogens is 829 g/mol. The van der Waals surface area contributed by atoms with E-state index in [-0.39, 0.29) is 42.5 Å². The monoisotopic (exact) mass is 888 g/mol. The molecule has 15 nitrogen and oxygen atoms in total. The summed E-state index contributed by atoms with van der Waals surface area (Å²) in [5, 5.41) is 41.1. The summed E-state index contributed by atoms with van der Waals surface area (Å²) in [6.07, 6.45) is 3.38. The molecule has 5 aromatic rings. The van der Waals surface area contributed by atoms with Crippen molar-refractivity contribution in [2.75, 3.05) is 62.6 Å². The number of amides is 2. The third-order valence-electron chi connectivity index (χ3n) is 13.6. The number of benzene rings is 2. The van der Waals surface area contributed by atoms with Gasteiger partial charge in [-0.25, -0.2) is 4.98 Å². The van der Waals surface area contributed by atoms with Crippen LogP contribution in [0.15, 0.2) is 70.7 Å². The van der Waals surface area contributed by atoms with Gasteiger partial charge >= 0.3 is 0 Å². The molecule has 3 unspecified atom stereocenters. The number of nitrogens with zero attached hydrogens (tertiary/aromatic N) is 8. The van der Waals surface area contributed by atoms with Crippen LogP contribution < -0.4 is 15.5 Å². The molecule has 64 heavy (non-hydrogen) atoms. The molecule has 2 amide bonds. The number of hydrogen-bond donors (Lipinski definition) is 4. The van der Waals surface area contributed by atoms with Crippen LogP contribution in [0.25, 0.3) is 21.7 Å². The summed E-state index contributed by atoms with van der Waals surface area (Å²) in [6.45, 7) is 14.7. The predicted octanol–water partition coefficient (Wildman–Crippen LogP) is 5.86. The molecule has 0 spiro atoms. The molecule has 3 saturated heterocycles. The first-order chi connectivity index (χ1) is 31.0. The number of rotatable bonds is 13. The van der Waals surface area contributed by atoms with Crippen molar-refractivity contribution < 1.29 is 24.3 Å². The van der Waals surface area contributed by atoms with Crippen molar-refractivity contribution in [1.29, 1.82) is 0 Å². The number of anilines is 2. The van der Waals surface area contributed by atoms with Gasteiger partial charge in [0.15, 0.2) is 5.82 Å². The number of aryl methyl sites for hydroxylation is 2. The van der Waals surface area contributed by atoms with Crippen LogP contribution in [0.2, 0.25) is 0 Å². The van der Waals surface area contributed by atoms with Gasteiger partial charge < -0.3 is 40.1 Å². The fraction of sp³-hybridized carbons (Fsp3) is 0.500. The Morgan fingerprint density at radius 3 is 2.61 bits per heavy atom. The van der Waals surface area contributed by atoms with Gasteiger partial charge in [-0.3, -0.25) is 14.5 Å². The van der Waals surface area contributed by atoms with Crippen LogP contribution in [0.3, 0.4) is 0 Å². The molecule has 7 heterocycles. The van der Waals surface area contributed by atoms with E-state index in [2.05, 4.69) is 51.7 Å². The number of aliphatic hydroxyl groups excluding tert-OH is 1. The summed E-state index contributed by atoms with van der Waals surface area (Å²) in [5.41, 5.74) is 8.08. The number of carbonyl (C=O) groups is 2. The fourth-order valence-electron chi connectivity index (χ4n) is 10.2. The first-order valence-electron chi connectivity index (χ1n) is 22.9. The van der Waals surface area contributed by atoms with Gasteiger partial charge in [0.25, 0.3) is 0 Å². The molecule has 338 valence electrons. The summed E-state index contributed by atoms with van der Waals surface area (Å²) < 4.78 is 5.88. The zero-order valence-electron chi connectivity index (χ0n) is 37.2. The Bertz CT molecular complexity index is 2420. The summed E-state index contributed by atoms with van der Waals surface area (Å²) in [5.74, 6) is 0.232. The third kappa shape index (κ3) is 9.23. The number of phenolic OH excluding ortho intramolecular Hbond substituents is 1. The van der Waals surface area contributed by atoms with Gasteiger partial charge in [-0.05, 0) is 87.9 Å². The molecule has 0 saturated carbocycles. The van der Waals surface area contributed by atoms with Crippen LogP contribution in [-0.4, -0.2) is 134 Å². The molecule has 4 aliphatic rings. The van der Waals surface area contributed by atoms with E-state index in [9.17, 15) is 19.8 Å². The van der Waals surface area contributed by atoms with Crippen LogP contribution in [0.4, 0.5) is 11.5 Å². The number of likely N-dealkylation sites (tertiary alicyclic amines) is 2. The number of carbonyl (C=O) groups excluding carboxylic acids is 2. The summed E-state index contributed by atoms with van der Waals surface area (Å²) in [6, 6.07) is 19.1. The summed E-state index contributed by atoms with van der Waals surface area (Å²) in [7, 11) is 0. The highest BCUT2D eigenvalue weighted by molar-refractivity contribution is 7.13. The van der Waals surface area contributed by atoms with Crippen molar-refractivity contribution in [2.45, 2.75) is 96.0 Å². The van der Waals surface area contributed by atoms with Crippen molar-refractivity contribution in [1.82, 2.24) is 40.4 Å². The van der Waals surface area contributed by atoms with E-state index in [0.717, 1.165) is 104 Å². The molecule has 4 N–H and O–H groups in total. The van der Waals surface area contributed by atoms with Gasteiger partial charge in [0.2, 0.25) is 11.8 Å².